The molecule has 2 aromatic rings. The Labute approximate surface area is 115 Å². The van der Waals surface area contributed by atoms with Gasteiger partial charge in [0.1, 0.15) is 0 Å². The lowest BCUT2D eigenvalue weighted by atomic mass is 10.3. The molecule has 7 heteroatoms. The zero-order valence-corrected chi connectivity index (χ0v) is 11.6. The van der Waals surface area contributed by atoms with Gasteiger partial charge in [0.15, 0.2) is 0 Å². The van der Waals surface area contributed by atoms with Gasteiger partial charge in [-0.2, -0.15) is 16.3 Å². The van der Waals surface area contributed by atoms with E-state index in [1.165, 1.54) is 7.11 Å². The van der Waals surface area contributed by atoms with E-state index in [1.807, 2.05) is 28.7 Å². The van der Waals surface area contributed by atoms with E-state index in [1.54, 1.807) is 11.3 Å². The second-order valence-electron chi connectivity index (χ2n) is 3.90. The van der Waals surface area contributed by atoms with Gasteiger partial charge in [-0.05, 0) is 18.0 Å². The van der Waals surface area contributed by atoms with Crippen molar-refractivity contribution >= 4 is 17.3 Å². The summed E-state index contributed by atoms with van der Waals surface area (Å²) in [6.45, 7) is 3.30. The molecule has 0 radical (unpaired) electrons. The van der Waals surface area contributed by atoms with Gasteiger partial charge in [0.05, 0.1) is 20.2 Å². The molecule has 0 atom stereocenters. The highest BCUT2D eigenvalue weighted by Gasteiger charge is 2.14. The Morgan fingerprint density at radius 3 is 3.05 bits per heavy atom. The van der Waals surface area contributed by atoms with Gasteiger partial charge in [-0.3, -0.25) is 9.69 Å². The first kappa shape index (κ1) is 13.7. The number of likely N-dealkylation sites (N-methyl/N-ethyl adjacent to an activating group) is 1. The van der Waals surface area contributed by atoms with Crippen molar-refractivity contribution in [2.45, 2.75) is 13.5 Å². The summed E-state index contributed by atoms with van der Waals surface area (Å²) in [5.74, 6) is 0.789. The summed E-state index contributed by atoms with van der Waals surface area (Å²) in [5.41, 5.74) is 0.941. The third-order valence-corrected chi connectivity index (χ3v) is 3.32. The van der Waals surface area contributed by atoms with Gasteiger partial charge < -0.3 is 9.26 Å². The van der Waals surface area contributed by atoms with Gasteiger partial charge in [-0.15, -0.1) is 0 Å². The minimum atomic E-state index is -0.278. The molecule has 6 nitrogen and oxygen atoms in total. The van der Waals surface area contributed by atoms with Crippen LogP contribution in [0.5, 0.6) is 0 Å². The van der Waals surface area contributed by atoms with Crippen LogP contribution >= 0.6 is 11.3 Å². The summed E-state index contributed by atoms with van der Waals surface area (Å²) in [7, 11) is 1.37. The SMILES string of the molecule is CCN(CC(=O)OC)Cc1nc(-c2ccsc2)no1. The molecule has 19 heavy (non-hydrogen) atoms. The van der Waals surface area contributed by atoms with E-state index in [0.29, 0.717) is 24.8 Å². The highest BCUT2D eigenvalue weighted by molar-refractivity contribution is 7.08. The minimum absolute atomic E-state index is 0.211. The van der Waals surface area contributed by atoms with E-state index in [2.05, 4.69) is 14.9 Å². The molecule has 0 bridgehead atoms. The molecular weight excluding hydrogens is 266 g/mol. The van der Waals surface area contributed by atoms with E-state index in [4.69, 9.17) is 4.52 Å². The molecule has 2 rings (SSSR count). The summed E-state index contributed by atoms with van der Waals surface area (Å²) < 4.78 is 9.82. The Hall–Kier alpha value is -1.73. The minimum Gasteiger partial charge on any atom is -0.468 e. The van der Waals surface area contributed by atoms with Crippen molar-refractivity contribution in [2.75, 3.05) is 20.2 Å². The third-order valence-electron chi connectivity index (χ3n) is 2.63. The van der Waals surface area contributed by atoms with Crippen LogP contribution in [-0.4, -0.2) is 41.2 Å². The summed E-state index contributed by atoms with van der Waals surface area (Å²) in [5, 5.41) is 7.84. The number of esters is 1. The topological polar surface area (TPSA) is 68.5 Å². The molecule has 2 heterocycles. The monoisotopic (exact) mass is 281 g/mol. The fourth-order valence-corrected chi connectivity index (χ4v) is 2.18. The first-order valence-electron chi connectivity index (χ1n) is 5.87. The molecule has 0 N–H and O–H groups in total. The Balaban J connectivity index is 2.00. The van der Waals surface area contributed by atoms with E-state index in [-0.39, 0.29) is 12.5 Å². The number of nitrogens with zero attached hydrogens (tertiary/aromatic N) is 3. The lowest BCUT2D eigenvalue weighted by molar-refractivity contribution is -0.142. The molecular formula is C12H15N3O3S. The zero-order valence-electron chi connectivity index (χ0n) is 10.8. The maximum absolute atomic E-state index is 11.2. The average molecular weight is 281 g/mol. The summed E-state index contributed by atoms with van der Waals surface area (Å²) >= 11 is 1.58. The predicted octanol–water partition coefficient (Wildman–Crippen LogP) is 1.79. The van der Waals surface area contributed by atoms with Gasteiger partial charge >= 0.3 is 5.97 Å². The molecule has 0 aliphatic carbocycles. The summed E-state index contributed by atoms with van der Waals surface area (Å²) in [6.07, 6.45) is 0. The Kier molecular flexibility index (Phi) is 4.64. The highest BCUT2D eigenvalue weighted by atomic mass is 32.1. The van der Waals surface area contributed by atoms with Crippen LogP contribution in [0.1, 0.15) is 12.8 Å². The number of thiophene rings is 1. The van der Waals surface area contributed by atoms with Crippen molar-refractivity contribution in [1.29, 1.82) is 0 Å². The number of methoxy groups -OCH3 is 1. The number of hydrogen-bond acceptors (Lipinski definition) is 7. The normalized spacial score (nSPS) is 10.9. The zero-order chi connectivity index (χ0) is 13.7. The number of carbonyl (C=O) groups excluding carboxylic acids is 1. The summed E-state index contributed by atoms with van der Waals surface area (Å²) in [6, 6.07) is 1.94. The first-order chi connectivity index (χ1) is 9.22. The van der Waals surface area contributed by atoms with Crippen molar-refractivity contribution in [2.24, 2.45) is 0 Å². The maximum Gasteiger partial charge on any atom is 0.319 e. The van der Waals surface area contributed by atoms with Crippen molar-refractivity contribution in [3.05, 3.63) is 22.7 Å². The van der Waals surface area contributed by atoms with Gasteiger partial charge in [0.25, 0.3) is 0 Å². The van der Waals surface area contributed by atoms with Gasteiger partial charge in [-0.25, -0.2) is 0 Å². The fourth-order valence-electron chi connectivity index (χ4n) is 1.55. The second-order valence-corrected chi connectivity index (χ2v) is 4.68. The van der Waals surface area contributed by atoms with Gasteiger partial charge in [-0.1, -0.05) is 12.1 Å². The molecule has 0 spiro atoms. The van der Waals surface area contributed by atoms with Crippen LogP contribution in [0.25, 0.3) is 11.4 Å². The Morgan fingerprint density at radius 2 is 2.42 bits per heavy atom. The largest absolute Gasteiger partial charge is 0.468 e. The van der Waals surface area contributed by atoms with E-state index in [9.17, 15) is 4.79 Å². The Bertz CT molecular complexity index is 524. The number of ether oxygens (including phenoxy) is 1. The molecule has 0 saturated heterocycles. The average Bonchev–Trinajstić information content (AvgIpc) is 3.08. The van der Waals surface area contributed by atoms with E-state index in [0.717, 1.165) is 5.56 Å². The number of hydrogen-bond donors (Lipinski definition) is 0. The molecule has 0 aromatic carbocycles. The van der Waals surface area contributed by atoms with Crippen LogP contribution in [0.15, 0.2) is 21.3 Å². The van der Waals surface area contributed by atoms with E-state index < -0.39 is 0 Å². The lowest BCUT2D eigenvalue weighted by Gasteiger charge is -2.15. The number of rotatable bonds is 6. The molecule has 0 saturated carbocycles. The highest BCUT2D eigenvalue weighted by Crippen LogP contribution is 2.19. The van der Waals surface area contributed by atoms with Gasteiger partial charge in [0.2, 0.25) is 11.7 Å². The van der Waals surface area contributed by atoms with Crippen molar-refractivity contribution < 1.29 is 14.1 Å². The van der Waals surface area contributed by atoms with E-state index >= 15 is 0 Å². The number of carbonyl (C=O) groups is 1. The van der Waals surface area contributed by atoms with Crippen LogP contribution < -0.4 is 0 Å². The molecule has 2 aromatic heterocycles. The molecule has 0 aliphatic heterocycles. The maximum atomic E-state index is 11.2. The molecule has 0 amide bonds. The number of aromatic nitrogens is 2. The molecule has 0 unspecified atom stereocenters. The Morgan fingerprint density at radius 1 is 1.58 bits per heavy atom. The smallest absolute Gasteiger partial charge is 0.319 e. The second kappa shape index (κ2) is 6.44. The summed E-state index contributed by atoms with van der Waals surface area (Å²) in [4.78, 5) is 17.4. The van der Waals surface area contributed by atoms with Crippen molar-refractivity contribution in [3.8, 4) is 11.4 Å². The molecule has 0 aliphatic rings. The van der Waals surface area contributed by atoms with Crippen LogP contribution in [0.2, 0.25) is 0 Å². The van der Waals surface area contributed by atoms with Gasteiger partial charge in [0, 0.05) is 10.9 Å². The standard InChI is InChI=1S/C12H15N3O3S/c1-3-15(7-11(16)17-2)6-10-13-12(14-18-10)9-4-5-19-8-9/h4-5,8H,3,6-7H2,1-2H3. The predicted molar refractivity (Wildman–Crippen MR) is 70.6 cm³/mol. The lowest BCUT2D eigenvalue weighted by Crippen LogP contribution is -2.30. The van der Waals surface area contributed by atoms with Crippen LogP contribution in [0.3, 0.4) is 0 Å². The van der Waals surface area contributed by atoms with Crippen LogP contribution in [0, 0.1) is 0 Å². The molecule has 102 valence electrons. The first-order valence-corrected chi connectivity index (χ1v) is 6.81. The van der Waals surface area contributed by atoms with Crippen LogP contribution in [-0.2, 0) is 16.1 Å². The quantitative estimate of drug-likeness (QED) is 0.752. The van der Waals surface area contributed by atoms with Crippen LogP contribution in [0.4, 0.5) is 0 Å². The van der Waals surface area contributed by atoms with Crippen molar-refractivity contribution in [1.82, 2.24) is 15.0 Å². The van der Waals surface area contributed by atoms with Crippen molar-refractivity contribution in [3.63, 3.8) is 0 Å². The molecule has 0 fully saturated rings. The fraction of sp³-hybridized carbons (Fsp3) is 0.417. The third kappa shape index (κ3) is 3.62.